The summed E-state index contributed by atoms with van der Waals surface area (Å²) >= 11 is 0. The molecular weight excluding hydrogens is 282 g/mol. The third kappa shape index (κ3) is 4.42. The first-order valence-electron chi connectivity index (χ1n) is 5.40. The number of carbonyl (C=O) groups excluding carboxylic acids is 1. The minimum atomic E-state index is -5.04. The van der Waals surface area contributed by atoms with Gasteiger partial charge in [0, 0.05) is 11.6 Å². The summed E-state index contributed by atoms with van der Waals surface area (Å²) in [7, 11) is 0. The number of ether oxygens (including phenoxy) is 2. The normalized spacial score (nSPS) is 10.8. The van der Waals surface area contributed by atoms with Crippen LogP contribution in [0.2, 0.25) is 0 Å². The second-order valence-electron chi connectivity index (χ2n) is 3.58. The molecule has 0 aliphatic carbocycles. The van der Waals surface area contributed by atoms with Gasteiger partial charge in [-0.05, 0) is 13.0 Å². The summed E-state index contributed by atoms with van der Waals surface area (Å²) in [5.74, 6) is -2.79. The average molecular weight is 291 g/mol. The highest BCUT2D eigenvalue weighted by Gasteiger charge is 2.32. The van der Waals surface area contributed by atoms with E-state index in [9.17, 15) is 22.4 Å². The summed E-state index contributed by atoms with van der Waals surface area (Å²) in [6.07, 6.45) is -5.53. The molecule has 0 radical (unpaired) electrons. The van der Waals surface area contributed by atoms with Gasteiger partial charge < -0.3 is 9.47 Å². The van der Waals surface area contributed by atoms with Crippen molar-refractivity contribution in [2.75, 3.05) is 6.61 Å². The monoisotopic (exact) mass is 291 g/mol. The largest absolute Gasteiger partial charge is 0.573 e. The topological polar surface area (TPSA) is 59.3 Å². The van der Waals surface area contributed by atoms with Gasteiger partial charge in [0.15, 0.2) is 0 Å². The first-order chi connectivity index (χ1) is 9.26. The van der Waals surface area contributed by atoms with Gasteiger partial charge in [-0.25, -0.2) is 4.39 Å². The predicted octanol–water partition coefficient (Wildman–Crippen LogP) is 2.70. The Bertz CT molecular complexity index is 549. The van der Waals surface area contributed by atoms with E-state index >= 15 is 0 Å². The van der Waals surface area contributed by atoms with Crippen LogP contribution in [0, 0.1) is 17.1 Å². The van der Waals surface area contributed by atoms with E-state index < -0.39 is 35.9 Å². The molecule has 0 bridgehead atoms. The van der Waals surface area contributed by atoms with Crippen LogP contribution in [0.25, 0.3) is 0 Å². The smallest absolute Gasteiger partial charge is 0.466 e. The van der Waals surface area contributed by atoms with Gasteiger partial charge >= 0.3 is 12.3 Å². The second-order valence-corrected chi connectivity index (χ2v) is 3.58. The molecule has 20 heavy (non-hydrogen) atoms. The molecule has 8 heteroatoms. The Morgan fingerprint density at radius 2 is 2.05 bits per heavy atom. The molecule has 1 aromatic carbocycles. The summed E-state index contributed by atoms with van der Waals surface area (Å²) in [5, 5.41) is 8.73. The van der Waals surface area contributed by atoms with Crippen molar-refractivity contribution in [2.45, 2.75) is 19.7 Å². The number of rotatable bonds is 4. The van der Waals surface area contributed by atoms with Crippen LogP contribution in [0.5, 0.6) is 5.75 Å². The number of benzene rings is 1. The molecule has 0 aromatic heterocycles. The molecule has 108 valence electrons. The van der Waals surface area contributed by atoms with Crippen LogP contribution in [-0.4, -0.2) is 18.9 Å². The maximum atomic E-state index is 13.6. The average Bonchev–Trinajstić information content (AvgIpc) is 2.31. The Hall–Kier alpha value is -2.30. The number of alkyl halides is 3. The fourth-order valence-corrected chi connectivity index (χ4v) is 1.40. The van der Waals surface area contributed by atoms with E-state index in [-0.39, 0.29) is 12.2 Å². The Balaban J connectivity index is 3.08. The van der Waals surface area contributed by atoms with Gasteiger partial charge in [-0.15, -0.1) is 13.2 Å². The lowest BCUT2D eigenvalue weighted by atomic mass is 10.1. The van der Waals surface area contributed by atoms with Crippen molar-refractivity contribution in [1.29, 1.82) is 5.26 Å². The number of nitriles is 1. The Labute approximate surface area is 111 Å². The number of esters is 1. The highest BCUT2D eigenvalue weighted by Crippen LogP contribution is 2.28. The van der Waals surface area contributed by atoms with Crippen LogP contribution in [0.1, 0.15) is 18.1 Å². The van der Waals surface area contributed by atoms with Crippen molar-refractivity contribution in [3.63, 3.8) is 0 Å². The second kappa shape index (κ2) is 6.23. The van der Waals surface area contributed by atoms with Crippen molar-refractivity contribution in [2.24, 2.45) is 0 Å². The Morgan fingerprint density at radius 1 is 1.40 bits per heavy atom. The van der Waals surface area contributed by atoms with E-state index in [1.165, 1.54) is 6.07 Å². The molecule has 0 saturated carbocycles. The first-order valence-corrected chi connectivity index (χ1v) is 5.40. The van der Waals surface area contributed by atoms with Crippen LogP contribution in [-0.2, 0) is 16.0 Å². The molecule has 1 rings (SSSR count). The van der Waals surface area contributed by atoms with Crippen LogP contribution < -0.4 is 4.74 Å². The van der Waals surface area contributed by atoms with E-state index in [0.29, 0.717) is 6.07 Å². The molecule has 0 aliphatic rings. The van der Waals surface area contributed by atoms with E-state index in [1.807, 2.05) is 0 Å². The van der Waals surface area contributed by atoms with E-state index in [1.54, 1.807) is 6.92 Å². The summed E-state index contributed by atoms with van der Waals surface area (Å²) in [4.78, 5) is 11.2. The van der Waals surface area contributed by atoms with Crippen molar-refractivity contribution in [3.05, 3.63) is 29.1 Å². The highest BCUT2D eigenvalue weighted by molar-refractivity contribution is 5.73. The fraction of sp³-hybridized carbons (Fsp3) is 0.333. The minimum Gasteiger partial charge on any atom is -0.466 e. The molecule has 0 spiro atoms. The molecule has 1 aromatic rings. The van der Waals surface area contributed by atoms with Gasteiger partial charge in [-0.2, -0.15) is 5.26 Å². The number of hydrogen-bond acceptors (Lipinski definition) is 4. The minimum absolute atomic E-state index is 0.0842. The molecule has 0 saturated heterocycles. The zero-order chi connectivity index (χ0) is 15.3. The van der Waals surface area contributed by atoms with E-state index in [2.05, 4.69) is 9.47 Å². The summed E-state index contributed by atoms with van der Waals surface area (Å²) in [6.45, 7) is 1.63. The van der Waals surface area contributed by atoms with E-state index in [4.69, 9.17) is 5.26 Å². The molecule has 0 N–H and O–H groups in total. The van der Waals surface area contributed by atoms with Crippen molar-refractivity contribution in [3.8, 4) is 11.8 Å². The van der Waals surface area contributed by atoms with Crippen LogP contribution >= 0.6 is 0 Å². The zero-order valence-corrected chi connectivity index (χ0v) is 10.3. The standard InChI is InChI=1S/C12H9F4NO3/c1-2-19-11(18)4-7-3-8(6-17)10(5-9(7)13)20-12(14,15)16/h3,5H,2,4H2,1H3. The van der Waals surface area contributed by atoms with Gasteiger partial charge in [0.2, 0.25) is 0 Å². The first kappa shape index (κ1) is 15.8. The van der Waals surface area contributed by atoms with Crippen LogP contribution in [0.15, 0.2) is 12.1 Å². The lowest BCUT2D eigenvalue weighted by molar-refractivity contribution is -0.274. The van der Waals surface area contributed by atoms with Crippen molar-refractivity contribution < 1.29 is 31.8 Å². The number of hydrogen-bond donors (Lipinski definition) is 0. The maximum absolute atomic E-state index is 13.6. The molecular formula is C12H9F4NO3. The van der Waals surface area contributed by atoms with Crippen molar-refractivity contribution >= 4 is 5.97 Å². The van der Waals surface area contributed by atoms with Crippen molar-refractivity contribution in [1.82, 2.24) is 0 Å². The highest BCUT2D eigenvalue weighted by atomic mass is 19.4. The lowest BCUT2D eigenvalue weighted by Gasteiger charge is -2.12. The lowest BCUT2D eigenvalue weighted by Crippen LogP contribution is -2.18. The SMILES string of the molecule is CCOC(=O)Cc1cc(C#N)c(OC(F)(F)F)cc1F. The predicted molar refractivity (Wildman–Crippen MR) is 58.1 cm³/mol. The molecule has 0 aliphatic heterocycles. The quantitative estimate of drug-likeness (QED) is 0.632. The summed E-state index contributed by atoms with van der Waals surface area (Å²) in [6, 6.07) is 2.69. The summed E-state index contributed by atoms with van der Waals surface area (Å²) < 4.78 is 57.9. The molecule has 0 unspecified atom stereocenters. The summed E-state index contributed by atoms with van der Waals surface area (Å²) in [5.41, 5.74) is -0.766. The van der Waals surface area contributed by atoms with Crippen LogP contribution in [0.4, 0.5) is 17.6 Å². The molecule has 4 nitrogen and oxygen atoms in total. The third-order valence-electron chi connectivity index (χ3n) is 2.13. The Kier molecular flexibility index (Phi) is 4.91. The molecule has 0 fully saturated rings. The van der Waals surface area contributed by atoms with E-state index in [0.717, 1.165) is 6.07 Å². The van der Waals surface area contributed by atoms with Crippen LogP contribution in [0.3, 0.4) is 0 Å². The molecule has 0 heterocycles. The fourth-order valence-electron chi connectivity index (χ4n) is 1.40. The molecule has 0 atom stereocenters. The van der Waals surface area contributed by atoms with Gasteiger partial charge in [-0.3, -0.25) is 4.79 Å². The third-order valence-corrected chi connectivity index (χ3v) is 2.13. The number of nitrogens with zero attached hydrogens (tertiary/aromatic N) is 1. The zero-order valence-electron chi connectivity index (χ0n) is 10.3. The number of carbonyl (C=O) groups is 1. The number of halogens is 4. The Morgan fingerprint density at radius 3 is 2.55 bits per heavy atom. The maximum Gasteiger partial charge on any atom is 0.573 e. The van der Waals surface area contributed by atoms with Gasteiger partial charge in [0.05, 0.1) is 18.6 Å². The van der Waals surface area contributed by atoms with Gasteiger partial charge in [-0.1, -0.05) is 0 Å². The van der Waals surface area contributed by atoms with Gasteiger partial charge in [0.1, 0.15) is 17.6 Å². The molecule has 0 amide bonds. The van der Waals surface area contributed by atoms with Gasteiger partial charge in [0.25, 0.3) is 0 Å².